The third kappa shape index (κ3) is 3.58. The fraction of sp³-hybridized carbons (Fsp3) is 0.118. The predicted octanol–water partition coefficient (Wildman–Crippen LogP) is 3.27. The molecule has 5 nitrogen and oxygen atoms in total. The molecule has 0 saturated carbocycles. The first-order chi connectivity index (χ1) is 11.5. The lowest BCUT2D eigenvalue weighted by atomic mass is 10.2. The van der Waals surface area contributed by atoms with Crippen LogP contribution in [0.4, 0.5) is 5.69 Å². The molecule has 0 unspecified atom stereocenters. The Kier molecular flexibility index (Phi) is 4.55. The maximum absolute atomic E-state index is 12.1. The first kappa shape index (κ1) is 16.5. The zero-order valence-corrected chi connectivity index (χ0v) is 14.8. The number of thiazole rings is 1. The minimum absolute atomic E-state index is 0.404. The molecule has 0 N–H and O–H groups in total. The molecule has 0 aliphatic carbocycles. The van der Waals surface area contributed by atoms with E-state index in [9.17, 15) is 8.42 Å². The van der Waals surface area contributed by atoms with Crippen molar-refractivity contribution in [2.75, 3.05) is 13.4 Å². The second kappa shape index (κ2) is 6.62. The van der Waals surface area contributed by atoms with Crippen molar-refractivity contribution in [1.82, 2.24) is 3.97 Å². The van der Waals surface area contributed by atoms with Gasteiger partial charge in [-0.1, -0.05) is 41.7 Å². The Morgan fingerprint density at radius 3 is 2.29 bits per heavy atom. The Balaban J connectivity index is 2.15. The fourth-order valence-corrected chi connectivity index (χ4v) is 4.25. The molecule has 0 bridgehead atoms. The van der Waals surface area contributed by atoms with Crippen molar-refractivity contribution in [3.8, 4) is 16.2 Å². The largest absolute Gasteiger partial charge is 0.497 e. The molecule has 0 aliphatic heterocycles. The molecule has 0 radical (unpaired) electrons. The van der Waals surface area contributed by atoms with Gasteiger partial charge in [0, 0.05) is 6.20 Å². The Labute approximate surface area is 144 Å². The summed E-state index contributed by atoms with van der Waals surface area (Å²) in [5, 5.41) is 0. The average molecular weight is 360 g/mol. The van der Waals surface area contributed by atoms with E-state index in [-0.39, 0.29) is 0 Å². The van der Waals surface area contributed by atoms with Gasteiger partial charge in [0.15, 0.2) is 0 Å². The van der Waals surface area contributed by atoms with Gasteiger partial charge in [0.25, 0.3) is 0 Å². The lowest BCUT2D eigenvalue weighted by Gasteiger charge is -2.00. The van der Waals surface area contributed by atoms with Gasteiger partial charge in [-0.05, 0) is 29.8 Å². The lowest BCUT2D eigenvalue weighted by Crippen LogP contribution is -2.21. The molecule has 124 valence electrons. The molecule has 0 aliphatic rings. The van der Waals surface area contributed by atoms with Crippen molar-refractivity contribution in [3.63, 3.8) is 0 Å². The summed E-state index contributed by atoms with van der Waals surface area (Å²) in [5.41, 5.74) is 1.62. The smallest absolute Gasteiger partial charge is 0.237 e. The molecule has 2 aromatic carbocycles. The molecule has 0 amide bonds. The van der Waals surface area contributed by atoms with Gasteiger partial charge in [0.2, 0.25) is 14.8 Å². The summed E-state index contributed by atoms with van der Waals surface area (Å²) in [7, 11) is -1.85. The lowest BCUT2D eigenvalue weighted by molar-refractivity contribution is 0.415. The van der Waals surface area contributed by atoms with Gasteiger partial charge in [-0.3, -0.25) is 0 Å². The molecule has 3 aromatic rings. The number of rotatable bonds is 4. The van der Waals surface area contributed by atoms with Crippen LogP contribution in [0, 0.1) is 0 Å². The van der Waals surface area contributed by atoms with Crippen LogP contribution in [0.25, 0.3) is 10.4 Å². The van der Waals surface area contributed by atoms with Crippen molar-refractivity contribution >= 4 is 27.0 Å². The van der Waals surface area contributed by atoms with Gasteiger partial charge in [-0.2, -0.15) is 0 Å². The van der Waals surface area contributed by atoms with E-state index in [0.717, 1.165) is 16.2 Å². The molecular weight excluding hydrogens is 344 g/mol. The molecule has 0 fully saturated rings. The average Bonchev–Trinajstić information content (AvgIpc) is 3.00. The Hall–Kier alpha value is -2.38. The second-order valence-corrected chi connectivity index (χ2v) is 7.98. The summed E-state index contributed by atoms with van der Waals surface area (Å²) >= 11 is 1.33. The van der Waals surface area contributed by atoms with Gasteiger partial charge in [0.1, 0.15) is 5.75 Å². The summed E-state index contributed by atoms with van der Waals surface area (Å²) in [6, 6.07) is 16.8. The van der Waals surface area contributed by atoms with E-state index < -0.39 is 10.0 Å². The van der Waals surface area contributed by atoms with Crippen molar-refractivity contribution < 1.29 is 13.2 Å². The van der Waals surface area contributed by atoms with Crippen LogP contribution >= 0.6 is 11.3 Å². The highest BCUT2D eigenvalue weighted by atomic mass is 32.2. The van der Waals surface area contributed by atoms with Crippen LogP contribution in [-0.4, -0.2) is 25.8 Å². The molecule has 1 aromatic heterocycles. The standard InChI is InChI=1S/C17H16N2O3S2/c1-22-15-10-8-14(9-11-15)18-17-19(24(2,20)21)12-16(23-17)13-6-4-3-5-7-13/h3-12H,1-2H3. The van der Waals surface area contributed by atoms with E-state index in [1.807, 2.05) is 30.3 Å². The van der Waals surface area contributed by atoms with Crippen LogP contribution in [0.3, 0.4) is 0 Å². The SMILES string of the molecule is COc1ccc(N=c2sc(-c3ccccc3)cn2S(C)(=O)=O)cc1. The van der Waals surface area contributed by atoms with Crippen LogP contribution in [-0.2, 0) is 10.0 Å². The van der Waals surface area contributed by atoms with Gasteiger partial charge in [-0.25, -0.2) is 17.4 Å². The van der Waals surface area contributed by atoms with Crippen LogP contribution in [0.15, 0.2) is 65.8 Å². The minimum atomic E-state index is -3.44. The molecular formula is C17H16N2O3S2. The molecule has 24 heavy (non-hydrogen) atoms. The highest BCUT2D eigenvalue weighted by molar-refractivity contribution is 7.89. The first-order valence-corrected chi connectivity index (χ1v) is 9.81. The number of aromatic nitrogens is 1. The van der Waals surface area contributed by atoms with Gasteiger partial charge in [0.05, 0.1) is 23.9 Å². The summed E-state index contributed by atoms with van der Waals surface area (Å²) < 4.78 is 30.5. The number of hydrogen-bond donors (Lipinski definition) is 0. The van der Waals surface area contributed by atoms with Crippen molar-refractivity contribution in [3.05, 3.63) is 65.6 Å². The van der Waals surface area contributed by atoms with E-state index in [2.05, 4.69) is 4.99 Å². The zero-order chi connectivity index (χ0) is 17.2. The van der Waals surface area contributed by atoms with E-state index in [0.29, 0.717) is 10.5 Å². The maximum atomic E-state index is 12.1. The zero-order valence-electron chi connectivity index (χ0n) is 13.2. The minimum Gasteiger partial charge on any atom is -0.497 e. The fourth-order valence-electron chi connectivity index (χ4n) is 2.14. The van der Waals surface area contributed by atoms with Crippen molar-refractivity contribution in [2.45, 2.75) is 0 Å². The quantitative estimate of drug-likeness (QED) is 0.717. The number of ether oxygens (including phenoxy) is 1. The Morgan fingerprint density at radius 1 is 1.04 bits per heavy atom. The predicted molar refractivity (Wildman–Crippen MR) is 96.2 cm³/mol. The van der Waals surface area contributed by atoms with Crippen molar-refractivity contribution in [1.29, 1.82) is 0 Å². The number of methoxy groups -OCH3 is 1. The Morgan fingerprint density at radius 2 is 1.71 bits per heavy atom. The number of benzene rings is 2. The van der Waals surface area contributed by atoms with Gasteiger partial charge >= 0.3 is 0 Å². The Bertz CT molecular complexity index is 1000. The molecule has 7 heteroatoms. The summed E-state index contributed by atoms with van der Waals surface area (Å²) in [4.78, 5) is 5.72. The number of nitrogens with zero attached hydrogens (tertiary/aromatic N) is 2. The molecule has 0 saturated heterocycles. The van der Waals surface area contributed by atoms with Crippen LogP contribution < -0.4 is 9.54 Å². The normalized spacial score (nSPS) is 12.3. The molecule has 0 atom stereocenters. The number of hydrogen-bond acceptors (Lipinski definition) is 5. The highest BCUT2D eigenvalue weighted by Crippen LogP contribution is 2.23. The molecule has 3 rings (SSSR count). The monoisotopic (exact) mass is 360 g/mol. The third-order valence-electron chi connectivity index (χ3n) is 3.34. The molecule has 1 heterocycles. The van der Waals surface area contributed by atoms with Crippen LogP contribution in [0.2, 0.25) is 0 Å². The van der Waals surface area contributed by atoms with Crippen LogP contribution in [0.1, 0.15) is 0 Å². The third-order valence-corrected chi connectivity index (χ3v) is 5.48. The molecule has 0 spiro atoms. The van der Waals surface area contributed by atoms with Gasteiger partial charge < -0.3 is 4.74 Å². The van der Waals surface area contributed by atoms with E-state index in [1.54, 1.807) is 37.6 Å². The summed E-state index contributed by atoms with van der Waals surface area (Å²) in [6.45, 7) is 0. The summed E-state index contributed by atoms with van der Waals surface area (Å²) in [6.07, 6.45) is 2.78. The second-order valence-electron chi connectivity index (χ2n) is 5.11. The topological polar surface area (TPSA) is 60.7 Å². The van der Waals surface area contributed by atoms with Crippen molar-refractivity contribution in [2.24, 2.45) is 4.99 Å². The maximum Gasteiger partial charge on any atom is 0.237 e. The van der Waals surface area contributed by atoms with Gasteiger partial charge in [-0.15, -0.1) is 0 Å². The van der Waals surface area contributed by atoms with E-state index in [1.165, 1.54) is 21.6 Å². The van der Waals surface area contributed by atoms with Crippen LogP contribution in [0.5, 0.6) is 5.75 Å². The highest BCUT2D eigenvalue weighted by Gasteiger charge is 2.12. The summed E-state index contributed by atoms with van der Waals surface area (Å²) in [5.74, 6) is 0.723. The first-order valence-electron chi connectivity index (χ1n) is 7.14. The van der Waals surface area contributed by atoms with E-state index >= 15 is 0 Å². The van der Waals surface area contributed by atoms with E-state index in [4.69, 9.17) is 4.74 Å².